The van der Waals surface area contributed by atoms with Crippen LogP contribution in [0.4, 0.5) is 0 Å². The maximum Gasteiger partial charge on any atom is 0.356 e. The molecule has 0 aliphatic carbocycles. The molecule has 0 saturated heterocycles. The summed E-state index contributed by atoms with van der Waals surface area (Å²) < 4.78 is 31.5. The van der Waals surface area contributed by atoms with E-state index < -0.39 is 16.0 Å². The Balaban J connectivity index is 2.21. The maximum absolute atomic E-state index is 12.8. The standard InChI is InChI=1S/C17H14N2O5S/c1-2-24-17(21)15-8-14-12(11-20)10-19(16(14)9-18-15)25(22,23)13-6-4-3-5-7-13/h3-11H,2H2,1H3. The van der Waals surface area contributed by atoms with Gasteiger partial charge in [0, 0.05) is 17.1 Å². The number of hydrogen-bond acceptors (Lipinski definition) is 6. The molecule has 8 heteroatoms. The van der Waals surface area contributed by atoms with Gasteiger partial charge in [-0.05, 0) is 25.1 Å². The first-order valence-corrected chi connectivity index (χ1v) is 8.87. The smallest absolute Gasteiger partial charge is 0.356 e. The maximum atomic E-state index is 12.8. The molecular formula is C17H14N2O5S. The number of carbonyl (C=O) groups is 2. The second kappa shape index (κ2) is 6.48. The van der Waals surface area contributed by atoms with Gasteiger partial charge in [0.25, 0.3) is 10.0 Å². The van der Waals surface area contributed by atoms with Crippen LogP contribution in [0, 0.1) is 0 Å². The lowest BCUT2D eigenvalue weighted by molar-refractivity contribution is 0.0519. The first-order valence-electron chi connectivity index (χ1n) is 7.43. The van der Waals surface area contributed by atoms with Crippen LogP contribution in [0.2, 0.25) is 0 Å². The van der Waals surface area contributed by atoms with Gasteiger partial charge in [0.2, 0.25) is 0 Å². The quantitative estimate of drug-likeness (QED) is 0.513. The molecule has 0 fully saturated rings. The van der Waals surface area contributed by atoms with E-state index in [1.807, 2.05) is 0 Å². The van der Waals surface area contributed by atoms with E-state index in [1.54, 1.807) is 25.1 Å². The van der Waals surface area contributed by atoms with Crippen molar-refractivity contribution in [2.45, 2.75) is 11.8 Å². The van der Waals surface area contributed by atoms with Crippen molar-refractivity contribution in [1.82, 2.24) is 8.96 Å². The highest BCUT2D eigenvalue weighted by atomic mass is 32.2. The predicted molar refractivity (Wildman–Crippen MR) is 90.1 cm³/mol. The Kier molecular flexibility index (Phi) is 4.37. The Bertz CT molecular complexity index is 1060. The van der Waals surface area contributed by atoms with E-state index in [0.717, 1.165) is 3.97 Å². The van der Waals surface area contributed by atoms with Crippen LogP contribution < -0.4 is 0 Å². The summed E-state index contributed by atoms with van der Waals surface area (Å²) in [5.74, 6) is -0.639. The van der Waals surface area contributed by atoms with Crippen molar-refractivity contribution >= 4 is 33.2 Å². The van der Waals surface area contributed by atoms with E-state index in [2.05, 4.69) is 4.98 Å². The van der Waals surface area contributed by atoms with Gasteiger partial charge in [0.05, 0.1) is 23.2 Å². The fourth-order valence-corrected chi connectivity index (χ4v) is 3.82. The van der Waals surface area contributed by atoms with Gasteiger partial charge < -0.3 is 4.74 Å². The van der Waals surface area contributed by atoms with Crippen LogP contribution in [0.5, 0.6) is 0 Å². The fourth-order valence-electron chi connectivity index (χ4n) is 2.44. The van der Waals surface area contributed by atoms with Crippen LogP contribution in [-0.4, -0.2) is 36.2 Å². The van der Waals surface area contributed by atoms with Crippen molar-refractivity contribution in [2.24, 2.45) is 0 Å². The summed E-state index contributed by atoms with van der Waals surface area (Å²) in [4.78, 5) is 27.2. The van der Waals surface area contributed by atoms with Crippen molar-refractivity contribution in [3.8, 4) is 0 Å². The zero-order valence-electron chi connectivity index (χ0n) is 13.2. The van der Waals surface area contributed by atoms with Crippen molar-refractivity contribution in [3.63, 3.8) is 0 Å². The molecule has 128 valence electrons. The number of hydrogen-bond donors (Lipinski definition) is 0. The average Bonchev–Trinajstić information content (AvgIpc) is 3.01. The molecule has 1 aromatic carbocycles. The molecule has 7 nitrogen and oxygen atoms in total. The molecule has 0 radical (unpaired) electrons. The number of aldehydes is 1. The monoisotopic (exact) mass is 358 g/mol. The predicted octanol–water partition coefficient (Wildman–Crippen LogP) is 2.26. The number of ether oxygens (including phenoxy) is 1. The Morgan fingerprint density at radius 3 is 2.64 bits per heavy atom. The molecule has 0 atom stereocenters. The van der Waals surface area contributed by atoms with Gasteiger partial charge in [-0.3, -0.25) is 4.79 Å². The Hall–Kier alpha value is -3.00. The van der Waals surface area contributed by atoms with E-state index >= 15 is 0 Å². The number of nitrogens with zero attached hydrogens (tertiary/aromatic N) is 2. The van der Waals surface area contributed by atoms with Crippen molar-refractivity contribution in [3.05, 3.63) is 60.0 Å². The summed E-state index contributed by atoms with van der Waals surface area (Å²) in [6, 6.07) is 9.20. The summed E-state index contributed by atoms with van der Waals surface area (Å²) >= 11 is 0. The Labute approximate surface area is 143 Å². The molecule has 0 N–H and O–H groups in total. The number of fused-ring (bicyclic) bond motifs is 1. The highest BCUT2D eigenvalue weighted by molar-refractivity contribution is 7.90. The normalized spacial score (nSPS) is 11.4. The highest BCUT2D eigenvalue weighted by Gasteiger charge is 2.22. The summed E-state index contributed by atoms with van der Waals surface area (Å²) in [7, 11) is -3.90. The largest absolute Gasteiger partial charge is 0.461 e. The molecule has 0 aliphatic rings. The van der Waals surface area contributed by atoms with Crippen LogP contribution in [0.3, 0.4) is 0 Å². The topological polar surface area (TPSA) is 95.3 Å². The number of rotatable bonds is 5. The summed E-state index contributed by atoms with van der Waals surface area (Å²) in [5.41, 5.74) is 0.355. The third-order valence-corrected chi connectivity index (χ3v) is 5.29. The van der Waals surface area contributed by atoms with Gasteiger partial charge in [-0.2, -0.15) is 0 Å². The van der Waals surface area contributed by atoms with Crippen molar-refractivity contribution < 1.29 is 22.7 Å². The molecule has 25 heavy (non-hydrogen) atoms. The minimum atomic E-state index is -3.90. The minimum Gasteiger partial charge on any atom is -0.461 e. The van der Waals surface area contributed by atoms with E-state index in [0.29, 0.717) is 11.7 Å². The number of aromatic nitrogens is 2. The average molecular weight is 358 g/mol. The van der Waals surface area contributed by atoms with Gasteiger partial charge in [0.15, 0.2) is 6.29 Å². The lowest BCUT2D eigenvalue weighted by atomic mass is 10.2. The first kappa shape index (κ1) is 16.8. The van der Waals surface area contributed by atoms with E-state index in [4.69, 9.17) is 4.74 Å². The third kappa shape index (κ3) is 2.91. The lowest BCUT2D eigenvalue weighted by Crippen LogP contribution is -2.12. The van der Waals surface area contributed by atoms with Gasteiger partial charge in [-0.15, -0.1) is 0 Å². The van der Waals surface area contributed by atoms with Crippen LogP contribution in [0.15, 0.2) is 53.7 Å². The molecule has 0 saturated carbocycles. The molecule has 2 heterocycles. The molecule has 0 bridgehead atoms. The number of esters is 1. The molecule has 0 aliphatic heterocycles. The molecule has 0 amide bonds. The molecule has 3 aromatic rings. The fraction of sp³-hybridized carbons (Fsp3) is 0.118. The highest BCUT2D eigenvalue weighted by Crippen LogP contribution is 2.25. The number of carbonyl (C=O) groups excluding carboxylic acids is 2. The van der Waals surface area contributed by atoms with E-state index in [9.17, 15) is 18.0 Å². The number of benzene rings is 1. The van der Waals surface area contributed by atoms with Crippen LogP contribution in [0.1, 0.15) is 27.8 Å². The molecule has 2 aromatic heterocycles. The molecule has 0 spiro atoms. The van der Waals surface area contributed by atoms with Crippen molar-refractivity contribution in [1.29, 1.82) is 0 Å². The second-order valence-electron chi connectivity index (χ2n) is 5.12. The second-order valence-corrected chi connectivity index (χ2v) is 6.94. The number of pyridine rings is 1. The van der Waals surface area contributed by atoms with Crippen LogP contribution >= 0.6 is 0 Å². The minimum absolute atomic E-state index is 0.00677. The Morgan fingerprint density at radius 1 is 1.28 bits per heavy atom. The molecular weight excluding hydrogens is 344 g/mol. The molecule has 0 unspecified atom stereocenters. The van der Waals surface area contributed by atoms with Crippen molar-refractivity contribution in [2.75, 3.05) is 6.61 Å². The molecule has 3 rings (SSSR count). The summed E-state index contributed by atoms with van der Waals surface area (Å²) in [5, 5.41) is 0.313. The van der Waals surface area contributed by atoms with Crippen LogP contribution in [0.25, 0.3) is 10.9 Å². The van der Waals surface area contributed by atoms with Gasteiger partial charge in [-0.1, -0.05) is 18.2 Å². The summed E-state index contributed by atoms with van der Waals surface area (Å²) in [6.07, 6.45) is 3.00. The van der Waals surface area contributed by atoms with E-state index in [1.165, 1.54) is 30.6 Å². The zero-order chi connectivity index (χ0) is 18.0. The first-order chi connectivity index (χ1) is 12.0. The van der Waals surface area contributed by atoms with E-state index in [-0.39, 0.29) is 28.3 Å². The zero-order valence-corrected chi connectivity index (χ0v) is 14.1. The van der Waals surface area contributed by atoms with Crippen LogP contribution in [-0.2, 0) is 14.8 Å². The third-order valence-electron chi connectivity index (χ3n) is 3.60. The van der Waals surface area contributed by atoms with Gasteiger partial charge in [-0.25, -0.2) is 22.2 Å². The van der Waals surface area contributed by atoms with Gasteiger partial charge in [0.1, 0.15) is 5.69 Å². The summed E-state index contributed by atoms with van der Waals surface area (Å²) in [6.45, 7) is 1.85. The SMILES string of the molecule is CCOC(=O)c1cc2c(C=O)cn(S(=O)(=O)c3ccccc3)c2cn1. The van der Waals surface area contributed by atoms with Gasteiger partial charge >= 0.3 is 5.97 Å². The lowest BCUT2D eigenvalue weighted by Gasteiger charge is -2.07. The Morgan fingerprint density at radius 2 is 2.00 bits per heavy atom.